The third-order valence-electron chi connectivity index (χ3n) is 3.66. The van der Waals surface area contributed by atoms with Gasteiger partial charge in [-0.2, -0.15) is 0 Å². The van der Waals surface area contributed by atoms with Crippen LogP contribution in [0.4, 0.5) is 0 Å². The van der Waals surface area contributed by atoms with Crippen LogP contribution in [0.2, 0.25) is 0 Å². The normalized spacial score (nSPS) is 23.8. The number of phenolic OH excluding ortho intramolecular Hbond substituents is 2. The van der Waals surface area contributed by atoms with E-state index in [1.807, 2.05) is 0 Å². The molecule has 22 heavy (non-hydrogen) atoms. The van der Waals surface area contributed by atoms with Crippen LogP contribution in [-0.2, 0) is 0 Å². The van der Waals surface area contributed by atoms with E-state index in [9.17, 15) is 15.0 Å². The maximum absolute atomic E-state index is 12.7. The Labute approximate surface area is 144 Å². The molecule has 2 N–H and O–H groups in total. The molecular weight excluding hydrogens is 416 g/mol. The molecular formula is C16H12Br2O4. The number of aromatic hydroxyl groups is 2. The Balaban J connectivity index is 2.11. The molecule has 1 heterocycles. The number of ketones is 1. The number of rotatable bonds is 1. The fourth-order valence-electron chi connectivity index (χ4n) is 2.49. The van der Waals surface area contributed by atoms with Crippen LogP contribution in [0, 0.1) is 0 Å². The van der Waals surface area contributed by atoms with Crippen molar-refractivity contribution >= 4 is 37.6 Å². The Hall–Kier alpha value is -1.53. The van der Waals surface area contributed by atoms with E-state index >= 15 is 0 Å². The highest BCUT2D eigenvalue weighted by Gasteiger charge is 2.47. The molecule has 0 amide bonds. The number of phenols is 2. The Bertz CT molecular complexity index is 771. The van der Waals surface area contributed by atoms with Crippen molar-refractivity contribution in [2.24, 2.45) is 0 Å². The molecule has 0 bridgehead atoms. The average Bonchev–Trinajstić information content (AvgIpc) is 2.47. The average molecular weight is 428 g/mol. The summed E-state index contributed by atoms with van der Waals surface area (Å²) in [7, 11) is 0. The second-order valence-electron chi connectivity index (χ2n) is 5.29. The number of alkyl halides is 1. The molecule has 0 spiro atoms. The van der Waals surface area contributed by atoms with Crippen LogP contribution in [0.15, 0.2) is 40.9 Å². The van der Waals surface area contributed by atoms with Gasteiger partial charge in [-0.3, -0.25) is 4.79 Å². The van der Waals surface area contributed by atoms with Gasteiger partial charge in [0.15, 0.2) is 5.78 Å². The molecule has 0 saturated heterocycles. The number of halogens is 2. The summed E-state index contributed by atoms with van der Waals surface area (Å²) in [5.41, 5.74) is 1.09. The first-order chi connectivity index (χ1) is 10.3. The largest absolute Gasteiger partial charge is 0.508 e. The SMILES string of the molecule is CC1(Br)C(=O)c2cc(O)ccc2OC1c1ccc(O)c(Br)c1. The van der Waals surface area contributed by atoms with E-state index in [1.54, 1.807) is 31.2 Å². The maximum Gasteiger partial charge on any atom is 0.187 e. The minimum absolute atomic E-state index is 0.0184. The third kappa shape index (κ3) is 2.40. The van der Waals surface area contributed by atoms with Gasteiger partial charge in [0.2, 0.25) is 0 Å². The molecule has 0 aliphatic carbocycles. The van der Waals surface area contributed by atoms with Gasteiger partial charge in [-0.25, -0.2) is 0 Å². The smallest absolute Gasteiger partial charge is 0.187 e. The molecule has 114 valence electrons. The second kappa shape index (κ2) is 5.28. The van der Waals surface area contributed by atoms with Crippen LogP contribution in [0.5, 0.6) is 17.2 Å². The van der Waals surface area contributed by atoms with Gasteiger partial charge < -0.3 is 14.9 Å². The van der Waals surface area contributed by atoms with Gasteiger partial charge in [0, 0.05) is 0 Å². The van der Waals surface area contributed by atoms with E-state index in [0.717, 1.165) is 5.56 Å². The quantitative estimate of drug-likeness (QED) is 0.664. The van der Waals surface area contributed by atoms with Gasteiger partial charge in [0.05, 0.1) is 10.0 Å². The molecule has 2 aromatic rings. The van der Waals surface area contributed by atoms with E-state index in [4.69, 9.17) is 4.74 Å². The zero-order valence-corrected chi connectivity index (χ0v) is 14.7. The molecule has 2 atom stereocenters. The summed E-state index contributed by atoms with van der Waals surface area (Å²) in [5.74, 6) is 0.394. The van der Waals surface area contributed by atoms with Crippen LogP contribution >= 0.6 is 31.9 Å². The summed E-state index contributed by atoms with van der Waals surface area (Å²) < 4.78 is 5.52. The van der Waals surface area contributed by atoms with Crippen LogP contribution in [0.1, 0.15) is 28.9 Å². The Morgan fingerprint density at radius 1 is 1.18 bits per heavy atom. The standard InChI is InChI=1S/C16H12Br2O4/c1-16(18)14(21)10-7-9(19)3-5-13(10)22-15(16)8-2-4-12(20)11(17)6-8/h2-7,15,19-20H,1H3. The molecule has 0 fully saturated rings. The highest BCUT2D eigenvalue weighted by Crippen LogP contribution is 2.47. The van der Waals surface area contributed by atoms with E-state index in [1.165, 1.54) is 12.1 Å². The van der Waals surface area contributed by atoms with Crippen LogP contribution in [-0.4, -0.2) is 20.3 Å². The number of Topliss-reactive ketones (excluding diaryl/α,β-unsaturated/α-hetero) is 1. The Morgan fingerprint density at radius 3 is 2.59 bits per heavy atom. The van der Waals surface area contributed by atoms with Crippen molar-refractivity contribution in [3.05, 3.63) is 52.0 Å². The molecule has 4 nitrogen and oxygen atoms in total. The highest BCUT2D eigenvalue weighted by atomic mass is 79.9. The number of fused-ring (bicyclic) bond motifs is 1. The lowest BCUT2D eigenvalue weighted by atomic mass is 9.86. The topological polar surface area (TPSA) is 66.8 Å². The fraction of sp³-hybridized carbons (Fsp3) is 0.188. The van der Waals surface area contributed by atoms with Gasteiger partial charge in [-0.15, -0.1) is 0 Å². The summed E-state index contributed by atoms with van der Waals surface area (Å²) >= 11 is 6.73. The van der Waals surface area contributed by atoms with Crippen molar-refractivity contribution in [1.29, 1.82) is 0 Å². The lowest BCUT2D eigenvalue weighted by molar-refractivity contribution is 0.0765. The zero-order chi connectivity index (χ0) is 16.1. The van der Waals surface area contributed by atoms with Crippen molar-refractivity contribution in [3.63, 3.8) is 0 Å². The highest BCUT2D eigenvalue weighted by molar-refractivity contribution is 9.10. The zero-order valence-electron chi connectivity index (χ0n) is 11.5. The molecule has 2 aromatic carbocycles. The van der Waals surface area contributed by atoms with Crippen LogP contribution in [0.25, 0.3) is 0 Å². The van der Waals surface area contributed by atoms with Crippen LogP contribution in [0.3, 0.4) is 0 Å². The molecule has 0 aromatic heterocycles. The van der Waals surface area contributed by atoms with E-state index in [-0.39, 0.29) is 17.3 Å². The lowest BCUT2D eigenvalue weighted by Gasteiger charge is -2.37. The maximum atomic E-state index is 12.7. The van der Waals surface area contributed by atoms with E-state index in [2.05, 4.69) is 31.9 Å². The summed E-state index contributed by atoms with van der Waals surface area (Å²) in [6, 6.07) is 9.43. The van der Waals surface area contributed by atoms with Crippen molar-refractivity contribution in [2.75, 3.05) is 0 Å². The second-order valence-corrected chi connectivity index (χ2v) is 7.80. The Morgan fingerprint density at radius 2 is 1.91 bits per heavy atom. The molecule has 0 radical (unpaired) electrons. The van der Waals surface area contributed by atoms with Gasteiger partial charge >= 0.3 is 0 Å². The van der Waals surface area contributed by atoms with Gasteiger partial charge in [-0.1, -0.05) is 22.0 Å². The minimum atomic E-state index is -0.982. The predicted molar refractivity (Wildman–Crippen MR) is 88.9 cm³/mol. The third-order valence-corrected chi connectivity index (χ3v) is 5.07. The molecule has 0 saturated carbocycles. The number of hydrogen-bond donors (Lipinski definition) is 2. The molecule has 3 rings (SSSR count). The van der Waals surface area contributed by atoms with Crippen molar-refractivity contribution < 1.29 is 19.7 Å². The first-order valence-corrected chi connectivity index (χ1v) is 8.11. The summed E-state index contributed by atoms with van der Waals surface area (Å²) in [6.45, 7) is 1.73. The monoisotopic (exact) mass is 426 g/mol. The number of hydrogen-bond acceptors (Lipinski definition) is 4. The van der Waals surface area contributed by atoms with E-state index in [0.29, 0.717) is 15.8 Å². The number of benzene rings is 2. The number of carbonyl (C=O) groups excluding carboxylic acids is 1. The molecule has 1 aliphatic rings. The molecule has 2 unspecified atom stereocenters. The van der Waals surface area contributed by atoms with Crippen molar-refractivity contribution in [3.8, 4) is 17.2 Å². The number of carbonyl (C=O) groups is 1. The van der Waals surface area contributed by atoms with Crippen molar-refractivity contribution in [1.82, 2.24) is 0 Å². The molecule has 1 aliphatic heterocycles. The van der Waals surface area contributed by atoms with Gasteiger partial charge in [-0.05, 0) is 58.7 Å². The summed E-state index contributed by atoms with van der Waals surface area (Å²) in [4.78, 5) is 12.7. The summed E-state index contributed by atoms with van der Waals surface area (Å²) in [5, 5.41) is 19.2. The van der Waals surface area contributed by atoms with E-state index < -0.39 is 10.4 Å². The van der Waals surface area contributed by atoms with Crippen molar-refractivity contribution in [2.45, 2.75) is 17.4 Å². The lowest BCUT2D eigenvalue weighted by Crippen LogP contribution is -2.42. The number of ether oxygens (including phenoxy) is 1. The predicted octanol–water partition coefficient (Wildman–Crippen LogP) is 4.33. The first-order valence-electron chi connectivity index (χ1n) is 6.52. The minimum Gasteiger partial charge on any atom is -0.508 e. The molecule has 6 heteroatoms. The van der Waals surface area contributed by atoms with Gasteiger partial charge in [0.25, 0.3) is 0 Å². The first kappa shape index (κ1) is 15.4. The summed E-state index contributed by atoms with van der Waals surface area (Å²) in [6.07, 6.45) is -0.561. The fourth-order valence-corrected chi connectivity index (χ4v) is 3.45. The Kier molecular flexibility index (Phi) is 3.69. The van der Waals surface area contributed by atoms with Gasteiger partial charge in [0.1, 0.15) is 27.7 Å². The van der Waals surface area contributed by atoms with Crippen LogP contribution < -0.4 is 4.74 Å².